The standard InChI is InChI=1S/C26H27N3O3S/c30-25(13-6-14-27-26(31)32-18-19-8-2-1-3-9-19)29-17-22(24-12-7-15-33-24)21-16-28-23-11-5-4-10-20(21)23/h1-5,7-12,15-16,22,28H,6,13-14,17-18H2,(H,27,31)(H,29,30). The van der Waals surface area contributed by atoms with Crippen LogP contribution in [0.3, 0.4) is 0 Å². The summed E-state index contributed by atoms with van der Waals surface area (Å²) in [6.07, 6.45) is 2.44. The van der Waals surface area contributed by atoms with Gasteiger partial charge in [-0.2, -0.15) is 0 Å². The zero-order chi connectivity index (χ0) is 22.9. The van der Waals surface area contributed by atoms with Gasteiger partial charge < -0.3 is 20.4 Å². The van der Waals surface area contributed by atoms with E-state index in [1.54, 1.807) is 11.3 Å². The smallest absolute Gasteiger partial charge is 0.407 e. The van der Waals surface area contributed by atoms with Crippen LogP contribution in [0.1, 0.15) is 34.8 Å². The van der Waals surface area contributed by atoms with Gasteiger partial charge in [-0.25, -0.2) is 4.79 Å². The number of aromatic amines is 1. The number of para-hydroxylation sites is 1. The van der Waals surface area contributed by atoms with Gasteiger partial charge in [-0.05, 0) is 35.1 Å². The normalized spacial score (nSPS) is 11.8. The predicted octanol–water partition coefficient (Wildman–Crippen LogP) is 5.18. The van der Waals surface area contributed by atoms with Crippen molar-refractivity contribution in [2.75, 3.05) is 13.1 Å². The van der Waals surface area contributed by atoms with Gasteiger partial charge in [0, 0.05) is 47.4 Å². The van der Waals surface area contributed by atoms with E-state index in [2.05, 4.69) is 39.2 Å². The fourth-order valence-corrected chi connectivity index (χ4v) is 4.60. The van der Waals surface area contributed by atoms with Crippen LogP contribution >= 0.6 is 11.3 Å². The molecule has 170 valence electrons. The van der Waals surface area contributed by atoms with Crippen molar-refractivity contribution >= 4 is 34.2 Å². The van der Waals surface area contributed by atoms with E-state index in [0.29, 0.717) is 25.9 Å². The number of alkyl carbamates (subject to hydrolysis) is 1. The topological polar surface area (TPSA) is 83.2 Å². The minimum Gasteiger partial charge on any atom is -0.445 e. The molecule has 2 heterocycles. The lowest BCUT2D eigenvalue weighted by molar-refractivity contribution is -0.121. The molecule has 2 aromatic heterocycles. The number of fused-ring (bicyclic) bond motifs is 1. The Morgan fingerprint density at radius 1 is 0.970 bits per heavy atom. The summed E-state index contributed by atoms with van der Waals surface area (Å²) in [5, 5.41) is 8.99. The Kier molecular flexibility index (Phi) is 7.76. The van der Waals surface area contributed by atoms with E-state index in [4.69, 9.17) is 4.74 Å². The summed E-state index contributed by atoms with van der Waals surface area (Å²) in [6, 6.07) is 21.9. The fourth-order valence-electron chi connectivity index (χ4n) is 3.75. The number of hydrogen-bond acceptors (Lipinski definition) is 4. The number of rotatable bonds is 10. The number of hydrogen-bond donors (Lipinski definition) is 3. The van der Waals surface area contributed by atoms with Crippen molar-refractivity contribution in [3.63, 3.8) is 0 Å². The summed E-state index contributed by atoms with van der Waals surface area (Å²) in [6.45, 7) is 1.14. The molecule has 2 aromatic carbocycles. The summed E-state index contributed by atoms with van der Waals surface area (Å²) in [4.78, 5) is 28.8. The van der Waals surface area contributed by atoms with E-state index in [9.17, 15) is 9.59 Å². The summed E-state index contributed by atoms with van der Waals surface area (Å²) in [7, 11) is 0. The number of thiophene rings is 1. The Morgan fingerprint density at radius 3 is 2.61 bits per heavy atom. The predicted molar refractivity (Wildman–Crippen MR) is 131 cm³/mol. The molecule has 1 atom stereocenters. The van der Waals surface area contributed by atoms with Gasteiger partial charge in [0.1, 0.15) is 6.61 Å². The number of amides is 2. The van der Waals surface area contributed by atoms with Crippen LogP contribution in [-0.2, 0) is 16.1 Å². The minimum absolute atomic E-state index is 0.0316. The average Bonchev–Trinajstić information content (AvgIpc) is 3.52. The fraction of sp³-hybridized carbons (Fsp3) is 0.231. The van der Waals surface area contributed by atoms with Gasteiger partial charge in [0.25, 0.3) is 0 Å². The third kappa shape index (κ3) is 6.23. The lowest BCUT2D eigenvalue weighted by atomic mass is 9.96. The van der Waals surface area contributed by atoms with E-state index in [0.717, 1.165) is 11.1 Å². The Balaban J connectivity index is 1.23. The number of carbonyl (C=O) groups is 2. The lowest BCUT2D eigenvalue weighted by Crippen LogP contribution is -2.30. The van der Waals surface area contributed by atoms with Crippen molar-refractivity contribution in [3.05, 3.63) is 94.3 Å². The van der Waals surface area contributed by atoms with E-state index in [1.807, 2.05) is 54.7 Å². The first kappa shape index (κ1) is 22.6. The quantitative estimate of drug-likeness (QED) is 0.284. The number of H-pyrrole nitrogens is 1. The summed E-state index contributed by atoms with van der Waals surface area (Å²) >= 11 is 1.69. The molecule has 4 rings (SSSR count). The highest BCUT2D eigenvalue weighted by atomic mass is 32.1. The maximum atomic E-state index is 12.4. The lowest BCUT2D eigenvalue weighted by Gasteiger charge is -2.16. The van der Waals surface area contributed by atoms with Crippen molar-refractivity contribution in [2.45, 2.75) is 25.4 Å². The van der Waals surface area contributed by atoms with Gasteiger partial charge >= 0.3 is 6.09 Å². The molecule has 6 nitrogen and oxygen atoms in total. The first-order valence-corrected chi connectivity index (χ1v) is 11.9. The van der Waals surface area contributed by atoms with Crippen LogP contribution in [0.4, 0.5) is 4.79 Å². The van der Waals surface area contributed by atoms with Crippen LogP contribution in [0.15, 0.2) is 78.3 Å². The van der Waals surface area contributed by atoms with Crippen LogP contribution in [0.2, 0.25) is 0 Å². The summed E-state index contributed by atoms with van der Waals surface area (Å²) in [5.74, 6) is 0.0482. The van der Waals surface area contributed by atoms with Crippen molar-refractivity contribution in [2.24, 2.45) is 0 Å². The maximum absolute atomic E-state index is 12.4. The van der Waals surface area contributed by atoms with Crippen molar-refractivity contribution in [1.29, 1.82) is 0 Å². The van der Waals surface area contributed by atoms with Crippen LogP contribution < -0.4 is 10.6 Å². The van der Waals surface area contributed by atoms with E-state index < -0.39 is 6.09 Å². The monoisotopic (exact) mass is 461 g/mol. The van der Waals surface area contributed by atoms with E-state index in [1.165, 1.54) is 15.8 Å². The second kappa shape index (κ2) is 11.3. The van der Waals surface area contributed by atoms with E-state index in [-0.39, 0.29) is 18.4 Å². The second-order valence-corrected chi connectivity index (χ2v) is 8.73. The molecule has 0 radical (unpaired) electrons. The highest BCUT2D eigenvalue weighted by Crippen LogP contribution is 2.32. The zero-order valence-electron chi connectivity index (χ0n) is 18.3. The van der Waals surface area contributed by atoms with E-state index >= 15 is 0 Å². The summed E-state index contributed by atoms with van der Waals surface area (Å²) < 4.78 is 5.18. The molecular weight excluding hydrogens is 434 g/mol. The largest absolute Gasteiger partial charge is 0.445 e. The zero-order valence-corrected chi connectivity index (χ0v) is 19.1. The molecule has 0 saturated heterocycles. The molecule has 2 amide bonds. The molecule has 4 aromatic rings. The van der Waals surface area contributed by atoms with Crippen molar-refractivity contribution in [1.82, 2.24) is 15.6 Å². The molecular formula is C26H27N3O3S. The molecule has 0 aliphatic rings. The summed E-state index contributed by atoms with van der Waals surface area (Å²) in [5.41, 5.74) is 3.20. The molecule has 0 bridgehead atoms. The van der Waals surface area contributed by atoms with Gasteiger partial charge in [-0.3, -0.25) is 4.79 Å². The molecule has 0 aliphatic heterocycles. The highest BCUT2D eigenvalue weighted by molar-refractivity contribution is 7.10. The molecule has 0 saturated carbocycles. The molecule has 33 heavy (non-hydrogen) atoms. The molecule has 3 N–H and O–H groups in total. The van der Waals surface area contributed by atoms with Gasteiger partial charge in [-0.15, -0.1) is 11.3 Å². The second-order valence-electron chi connectivity index (χ2n) is 7.75. The van der Waals surface area contributed by atoms with Crippen LogP contribution in [0, 0.1) is 0 Å². The van der Waals surface area contributed by atoms with Gasteiger partial charge in [0.05, 0.1) is 0 Å². The number of ether oxygens (including phenoxy) is 1. The van der Waals surface area contributed by atoms with Crippen LogP contribution in [0.25, 0.3) is 10.9 Å². The number of carbonyl (C=O) groups excluding carboxylic acids is 2. The SMILES string of the molecule is O=C(CCCNC(=O)OCc1ccccc1)NCC(c1cccs1)c1c[nH]c2ccccc12. The highest BCUT2D eigenvalue weighted by Gasteiger charge is 2.19. The van der Waals surface area contributed by atoms with Gasteiger partial charge in [-0.1, -0.05) is 54.6 Å². The van der Waals surface area contributed by atoms with Gasteiger partial charge in [0.2, 0.25) is 5.91 Å². The molecule has 7 heteroatoms. The average molecular weight is 462 g/mol. The Labute approximate surface area is 197 Å². The third-order valence-electron chi connectivity index (χ3n) is 5.45. The Bertz CT molecular complexity index is 1170. The van der Waals surface area contributed by atoms with Crippen LogP contribution in [-0.4, -0.2) is 30.1 Å². The molecule has 0 aliphatic carbocycles. The Hall–Kier alpha value is -3.58. The first-order valence-electron chi connectivity index (χ1n) is 11.0. The third-order valence-corrected chi connectivity index (χ3v) is 6.44. The first-order chi connectivity index (χ1) is 16.2. The van der Waals surface area contributed by atoms with Gasteiger partial charge in [0.15, 0.2) is 0 Å². The Morgan fingerprint density at radius 2 is 1.79 bits per heavy atom. The maximum Gasteiger partial charge on any atom is 0.407 e. The molecule has 1 unspecified atom stereocenters. The minimum atomic E-state index is -0.476. The molecule has 0 spiro atoms. The van der Waals surface area contributed by atoms with Crippen LogP contribution in [0.5, 0.6) is 0 Å². The van der Waals surface area contributed by atoms with Crippen molar-refractivity contribution in [3.8, 4) is 0 Å². The number of nitrogens with one attached hydrogen (secondary N) is 3. The van der Waals surface area contributed by atoms with Crippen molar-refractivity contribution < 1.29 is 14.3 Å². The number of benzene rings is 2. The molecule has 0 fully saturated rings. The number of aromatic nitrogens is 1.